The first kappa shape index (κ1) is 8.98. The first-order valence-electron chi connectivity index (χ1n) is 4.62. The van der Waals surface area contributed by atoms with Crippen LogP contribution in [0.25, 0.3) is 0 Å². The van der Waals surface area contributed by atoms with Crippen molar-refractivity contribution in [1.29, 1.82) is 0 Å². The highest BCUT2D eigenvalue weighted by atomic mass is 19.1. The quantitative estimate of drug-likeness (QED) is 0.669. The van der Waals surface area contributed by atoms with Gasteiger partial charge >= 0.3 is 0 Å². The van der Waals surface area contributed by atoms with Gasteiger partial charge in [0.2, 0.25) is 0 Å². The summed E-state index contributed by atoms with van der Waals surface area (Å²) in [6, 6.07) is 0. The smallest absolute Gasteiger partial charge is 0.126 e. The van der Waals surface area contributed by atoms with Gasteiger partial charge in [-0.25, -0.2) is 4.39 Å². The molecule has 0 spiro atoms. The average Bonchev–Trinajstić information content (AvgIpc) is 1.84. The maximum Gasteiger partial charge on any atom is 0.126 e. The van der Waals surface area contributed by atoms with Crippen molar-refractivity contribution in [3.8, 4) is 0 Å². The second-order valence-corrected chi connectivity index (χ2v) is 3.62. The van der Waals surface area contributed by atoms with Crippen molar-refractivity contribution < 1.29 is 4.39 Å². The van der Waals surface area contributed by atoms with Crippen molar-refractivity contribution in [3.63, 3.8) is 0 Å². The van der Waals surface area contributed by atoms with Gasteiger partial charge in [0.05, 0.1) is 0 Å². The summed E-state index contributed by atoms with van der Waals surface area (Å²) in [4.78, 5) is 0. The van der Waals surface area contributed by atoms with E-state index in [9.17, 15) is 4.39 Å². The largest absolute Gasteiger partial charge is 0.328 e. The predicted octanol–water partition coefficient (Wildman–Crippen LogP) is 2.25. The lowest BCUT2D eigenvalue weighted by Gasteiger charge is -2.38. The van der Waals surface area contributed by atoms with Crippen LogP contribution in [-0.2, 0) is 0 Å². The molecule has 1 unspecified atom stereocenters. The van der Waals surface area contributed by atoms with Gasteiger partial charge in [-0.2, -0.15) is 0 Å². The Kier molecular flexibility index (Phi) is 2.88. The number of hydrogen-bond donors (Lipinski definition) is 1. The van der Waals surface area contributed by atoms with E-state index in [4.69, 9.17) is 5.73 Å². The molecule has 0 saturated heterocycles. The highest BCUT2D eigenvalue weighted by molar-refractivity contribution is 4.91. The molecule has 1 saturated carbocycles. The first-order chi connectivity index (χ1) is 5.23. The van der Waals surface area contributed by atoms with E-state index in [1.807, 2.05) is 6.92 Å². The molecule has 1 nitrogen and oxygen atoms in total. The zero-order valence-corrected chi connectivity index (χ0v) is 7.28. The highest BCUT2D eigenvalue weighted by Crippen LogP contribution is 2.40. The molecule has 0 aromatic carbocycles. The fraction of sp³-hybridized carbons (Fsp3) is 1.00. The minimum atomic E-state index is -1.03. The molecule has 1 atom stereocenters. The van der Waals surface area contributed by atoms with E-state index in [1.54, 1.807) is 0 Å². The Morgan fingerprint density at radius 2 is 2.18 bits per heavy atom. The molecule has 0 radical (unpaired) electrons. The van der Waals surface area contributed by atoms with Crippen LogP contribution in [0.5, 0.6) is 0 Å². The van der Waals surface area contributed by atoms with Crippen LogP contribution >= 0.6 is 0 Å². The van der Waals surface area contributed by atoms with Crippen molar-refractivity contribution in [2.24, 2.45) is 11.7 Å². The molecule has 66 valence electrons. The number of nitrogens with two attached hydrogens (primary N) is 1. The van der Waals surface area contributed by atoms with Gasteiger partial charge in [-0.15, -0.1) is 0 Å². The van der Waals surface area contributed by atoms with Crippen molar-refractivity contribution >= 4 is 0 Å². The zero-order chi connectivity index (χ0) is 8.32. The summed E-state index contributed by atoms with van der Waals surface area (Å²) < 4.78 is 13.8. The summed E-state index contributed by atoms with van der Waals surface area (Å²) in [5.41, 5.74) is 4.39. The summed E-state index contributed by atoms with van der Waals surface area (Å²) >= 11 is 0. The summed E-state index contributed by atoms with van der Waals surface area (Å²) in [5, 5.41) is 0. The standard InChI is InChI=1S/C9H18FN/c1-2-6-9(10,7-11)8-4-3-5-8/h8H,2-7,11H2,1H3. The number of alkyl halides is 1. The molecule has 0 aromatic rings. The SMILES string of the molecule is CCCC(F)(CN)C1CCC1. The Morgan fingerprint density at radius 3 is 2.45 bits per heavy atom. The Bertz CT molecular complexity index is 123. The summed E-state index contributed by atoms with van der Waals surface area (Å²) in [7, 11) is 0. The zero-order valence-electron chi connectivity index (χ0n) is 7.28. The van der Waals surface area contributed by atoms with Crippen LogP contribution in [0.4, 0.5) is 4.39 Å². The van der Waals surface area contributed by atoms with E-state index in [0.717, 1.165) is 19.3 Å². The van der Waals surface area contributed by atoms with Crippen molar-refractivity contribution in [3.05, 3.63) is 0 Å². The van der Waals surface area contributed by atoms with E-state index in [2.05, 4.69) is 0 Å². The maximum absolute atomic E-state index is 13.8. The minimum absolute atomic E-state index is 0.214. The number of halogens is 1. The molecule has 1 fully saturated rings. The normalized spacial score (nSPS) is 24.3. The molecule has 11 heavy (non-hydrogen) atoms. The van der Waals surface area contributed by atoms with Gasteiger partial charge in [0.1, 0.15) is 5.67 Å². The molecule has 2 heteroatoms. The monoisotopic (exact) mass is 159 g/mol. The Morgan fingerprint density at radius 1 is 1.55 bits per heavy atom. The van der Waals surface area contributed by atoms with Crippen molar-refractivity contribution in [2.45, 2.75) is 44.7 Å². The topological polar surface area (TPSA) is 26.0 Å². The molecule has 0 aromatic heterocycles. The Balaban J connectivity index is 2.43. The third kappa shape index (κ3) is 1.73. The van der Waals surface area contributed by atoms with Gasteiger partial charge in [-0.05, 0) is 25.2 Å². The minimum Gasteiger partial charge on any atom is -0.328 e. The number of hydrogen-bond acceptors (Lipinski definition) is 1. The second kappa shape index (κ2) is 3.53. The van der Waals surface area contributed by atoms with Crippen molar-refractivity contribution in [1.82, 2.24) is 0 Å². The van der Waals surface area contributed by atoms with Crippen molar-refractivity contribution in [2.75, 3.05) is 6.54 Å². The third-order valence-electron chi connectivity index (χ3n) is 2.84. The second-order valence-electron chi connectivity index (χ2n) is 3.62. The van der Waals surface area contributed by atoms with Crippen LogP contribution in [0.3, 0.4) is 0 Å². The highest BCUT2D eigenvalue weighted by Gasteiger charge is 2.40. The van der Waals surface area contributed by atoms with Crippen LogP contribution < -0.4 is 5.73 Å². The summed E-state index contributed by atoms with van der Waals surface area (Å²) in [5.74, 6) is 0.271. The Labute approximate surface area is 68.2 Å². The van der Waals surface area contributed by atoms with E-state index in [-0.39, 0.29) is 12.5 Å². The molecular weight excluding hydrogens is 141 g/mol. The molecule has 0 bridgehead atoms. The van der Waals surface area contributed by atoms with E-state index in [1.165, 1.54) is 6.42 Å². The van der Waals surface area contributed by atoms with Crippen LogP contribution in [0.15, 0.2) is 0 Å². The fourth-order valence-electron chi connectivity index (χ4n) is 1.81. The number of rotatable bonds is 4. The lowest BCUT2D eigenvalue weighted by atomic mass is 9.72. The fourth-order valence-corrected chi connectivity index (χ4v) is 1.81. The predicted molar refractivity (Wildman–Crippen MR) is 45.1 cm³/mol. The van der Waals surface area contributed by atoms with Gasteiger partial charge < -0.3 is 5.73 Å². The van der Waals surface area contributed by atoms with Gasteiger partial charge in [0.25, 0.3) is 0 Å². The molecule has 1 aliphatic carbocycles. The molecule has 1 aliphatic rings. The molecule has 0 aliphatic heterocycles. The van der Waals surface area contributed by atoms with Crippen LogP contribution in [-0.4, -0.2) is 12.2 Å². The lowest BCUT2D eigenvalue weighted by Crippen LogP contribution is -2.43. The molecule has 0 heterocycles. The van der Waals surface area contributed by atoms with Gasteiger partial charge in [-0.3, -0.25) is 0 Å². The van der Waals surface area contributed by atoms with E-state index in [0.29, 0.717) is 6.42 Å². The molecule has 1 rings (SSSR count). The third-order valence-corrected chi connectivity index (χ3v) is 2.84. The van der Waals surface area contributed by atoms with Crippen LogP contribution in [0, 0.1) is 5.92 Å². The van der Waals surface area contributed by atoms with Crippen LogP contribution in [0.2, 0.25) is 0 Å². The van der Waals surface area contributed by atoms with E-state index >= 15 is 0 Å². The molecule has 0 amide bonds. The van der Waals surface area contributed by atoms with Gasteiger partial charge in [0, 0.05) is 6.54 Å². The van der Waals surface area contributed by atoms with Crippen LogP contribution in [0.1, 0.15) is 39.0 Å². The van der Waals surface area contributed by atoms with Gasteiger partial charge in [0.15, 0.2) is 0 Å². The lowest BCUT2D eigenvalue weighted by molar-refractivity contribution is 0.0310. The summed E-state index contributed by atoms with van der Waals surface area (Å²) in [6.07, 6.45) is 4.85. The summed E-state index contributed by atoms with van der Waals surface area (Å²) in [6.45, 7) is 2.23. The maximum atomic E-state index is 13.8. The average molecular weight is 159 g/mol. The molecular formula is C9H18FN. The first-order valence-corrected chi connectivity index (χ1v) is 4.62. The molecule has 2 N–H and O–H groups in total. The van der Waals surface area contributed by atoms with Gasteiger partial charge in [-0.1, -0.05) is 19.8 Å². The van der Waals surface area contributed by atoms with E-state index < -0.39 is 5.67 Å². The Hall–Kier alpha value is -0.110.